The Morgan fingerprint density at radius 2 is 1.79 bits per heavy atom. The number of imide groups is 1. The molecule has 2 aromatic rings. The van der Waals surface area contributed by atoms with Gasteiger partial charge in [0.05, 0.1) is 17.2 Å². The number of carbonyl (C=O) groups is 3. The Morgan fingerprint density at radius 1 is 1.08 bits per heavy atom. The molecule has 1 atom stereocenters. The Kier molecular flexibility index (Phi) is 3.69. The first-order valence-electron chi connectivity index (χ1n) is 7.95. The second-order valence-corrected chi connectivity index (χ2v) is 6.98. The van der Waals surface area contributed by atoms with E-state index in [1.807, 2.05) is 17.5 Å². The highest BCUT2D eigenvalue weighted by Gasteiger charge is 2.39. The summed E-state index contributed by atoms with van der Waals surface area (Å²) in [6, 6.07) is 10.8. The molecule has 4 rings (SSSR count). The minimum atomic E-state index is -0.379. The van der Waals surface area contributed by atoms with Gasteiger partial charge in [-0.3, -0.25) is 19.3 Å². The molecule has 0 bridgehead atoms. The van der Waals surface area contributed by atoms with Crippen LogP contribution >= 0.6 is 11.3 Å². The average molecular weight is 340 g/mol. The maximum Gasteiger partial charge on any atom is 0.262 e. The molecule has 3 amide bonds. The molecule has 2 aliphatic heterocycles. The van der Waals surface area contributed by atoms with Crippen molar-refractivity contribution in [2.24, 2.45) is 0 Å². The lowest BCUT2D eigenvalue weighted by atomic mass is 10.1. The van der Waals surface area contributed by atoms with Crippen LogP contribution in [0.3, 0.4) is 0 Å². The van der Waals surface area contributed by atoms with Gasteiger partial charge in [0.15, 0.2) is 0 Å². The Balaban J connectivity index is 1.53. The van der Waals surface area contributed by atoms with Gasteiger partial charge in [0.2, 0.25) is 5.91 Å². The van der Waals surface area contributed by atoms with Crippen LogP contribution in [0.15, 0.2) is 41.8 Å². The van der Waals surface area contributed by atoms with E-state index in [-0.39, 0.29) is 30.3 Å². The quantitative estimate of drug-likeness (QED) is 0.807. The van der Waals surface area contributed by atoms with E-state index in [0.717, 1.165) is 22.6 Å². The minimum absolute atomic E-state index is 0.0627. The lowest BCUT2D eigenvalue weighted by Crippen LogP contribution is -2.42. The lowest BCUT2D eigenvalue weighted by molar-refractivity contribution is -0.132. The van der Waals surface area contributed by atoms with Gasteiger partial charge in [-0.2, -0.15) is 0 Å². The third-order valence-electron chi connectivity index (χ3n) is 4.62. The van der Waals surface area contributed by atoms with Gasteiger partial charge in [-0.1, -0.05) is 18.2 Å². The molecular weight excluding hydrogens is 324 g/mol. The van der Waals surface area contributed by atoms with Crippen molar-refractivity contribution in [3.8, 4) is 0 Å². The van der Waals surface area contributed by atoms with Crippen LogP contribution < -0.4 is 0 Å². The maximum atomic E-state index is 12.7. The summed E-state index contributed by atoms with van der Waals surface area (Å²) in [6.45, 7) is 0.485. The second kappa shape index (κ2) is 5.87. The number of likely N-dealkylation sites (tertiary alicyclic amines) is 1. The van der Waals surface area contributed by atoms with Gasteiger partial charge in [-0.25, -0.2) is 0 Å². The zero-order valence-electron chi connectivity index (χ0n) is 13.0. The van der Waals surface area contributed by atoms with Crippen LogP contribution in [0.1, 0.15) is 44.5 Å². The van der Waals surface area contributed by atoms with E-state index in [0.29, 0.717) is 17.7 Å². The van der Waals surface area contributed by atoms with Crippen LogP contribution in [0, 0.1) is 0 Å². The number of carbonyl (C=O) groups excluding carboxylic acids is 3. The van der Waals surface area contributed by atoms with Gasteiger partial charge in [0, 0.05) is 11.4 Å². The predicted molar refractivity (Wildman–Crippen MR) is 89.8 cm³/mol. The van der Waals surface area contributed by atoms with E-state index in [2.05, 4.69) is 0 Å². The van der Waals surface area contributed by atoms with Crippen molar-refractivity contribution >= 4 is 29.1 Å². The van der Waals surface area contributed by atoms with Crippen LogP contribution in [0.4, 0.5) is 0 Å². The van der Waals surface area contributed by atoms with Gasteiger partial charge in [-0.15, -0.1) is 11.3 Å². The Bertz CT molecular complexity index is 780. The topological polar surface area (TPSA) is 57.7 Å². The number of hydrogen-bond acceptors (Lipinski definition) is 4. The molecule has 1 aromatic carbocycles. The summed E-state index contributed by atoms with van der Waals surface area (Å²) < 4.78 is 0. The fourth-order valence-electron chi connectivity index (χ4n) is 3.45. The SMILES string of the molecule is O=C1c2ccccc2C(=O)N1CC(=O)N1CCCC1c1cccs1. The molecule has 3 heterocycles. The minimum Gasteiger partial charge on any atom is -0.333 e. The van der Waals surface area contributed by atoms with Crippen LogP contribution in [0.25, 0.3) is 0 Å². The van der Waals surface area contributed by atoms with Crippen molar-refractivity contribution in [2.45, 2.75) is 18.9 Å². The lowest BCUT2D eigenvalue weighted by Gasteiger charge is -2.25. The summed E-state index contributed by atoms with van der Waals surface area (Å²) in [6.07, 6.45) is 1.87. The molecule has 1 saturated heterocycles. The monoisotopic (exact) mass is 340 g/mol. The Morgan fingerprint density at radius 3 is 2.42 bits per heavy atom. The number of benzene rings is 1. The summed E-state index contributed by atoms with van der Waals surface area (Å²) in [5.41, 5.74) is 0.762. The van der Waals surface area contributed by atoms with E-state index in [4.69, 9.17) is 0 Å². The number of rotatable bonds is 3. The zero-order valence-corrected chi connectivity index (χ0v) is 13.8. The van der Waals surface area contributed by atoms with Crippen LogP contribution in [-0.2, 0) is 4.79 Å². The van der Waals surface area contributed by atoms with Crippen LogP contribution in [0.2, 0.25) is 0 Å². The maximum absolute atomic E-state index is 12.7. The highest BCUT2D eigenvalue weighted by Crippen LogP contribution is 2.34. The molecule has 5 nitrogen and oxygen atoms in total. The van der Waals surface area contributed by atoms with Crippen molar-refractivity contribution in [1.29, 1.82) is 0 Å². The van der Waals surface area contributed by atoms with Crippen molar-refractivity contribution in [1.82, 2.24) is 9.80 Å². The first-order chi connectivity index (χ1) is 11.7. The predicted octanol–water partition coefficient (Wildman–Crippen LogP) is 2.71. The summed E-state index contributed by atoms with van der Waals surface area (Å²) in [7, 11) is 0. The second-order valence-electron chi connectivity index (χ2n) is 6.00. The van der Waals surface area contributed by atoms with Gasteiger partial charge < -0.3 is 4.90 Å². The van der Waals surface area contributed by atoms with Crippen molar-refractivity contribution in [3.05, 3.63) is 57.8 Å². The van der Waals surface area contributed by atoms with Gasteiger partial charge >= 0.3 is 0 Å². The van der Waals surface area contributed by atoms with Gasteiger partial charge in [0.25, 0.3) is 11.8 Å². The Labute approximate surface area is 143 Å². The third-order valence-corrected chi connectivity index (χ3v) is 5.59. The molecule has 24 heavy (non-hydrogen) atoms. The van der Waals surface area contributed by atoms with Crippen molar-refractivity contribution in [2.75, 3.05) is 13.1 Å². The van der Waals surface area contributed by atoms with Crippen LogP contribution in [0.5, 0.6) is 0 Å². The fraction of sp³-hybridized carbons (Fsp3) is 0.278. The molecule has 0 N–H and O–H groups in total. The van der Waals surface area contributed by atoms with E-state index < -0.39 is 0 Å². The summed E-state index contributed by atoms with van der Waals surface area (Å²) in [4.78, 5) is 41.6. The van der Waals surface area contributed by atoms with Gasteiger partial charge in [-0.05, 0) is 36.4 Å². The highest BCUT2D eigenvalue weighted by atomic mass is 32.1. The fourth-order valence-corrected chi connectivity index (χ4v) is 4.32. The normalized spacial score (nSPS) is 19.9. The van der Waals surface area contributed by atoms with Crippen molar-refractivity contribution in [3.63, 3.8) is 0 Å². The molecule has 1 aromatic heterocycles. The first kappa shape index (κ1) is 15.1. The molecule has 0 spiro atoms. The molecule has 0 saturated carbocycles. The van der Waals surface area contributed by atoms with Crippen molar-refractivity contribution < 1.29 is 14.4 Å². The standard InChI is InChI=1S/C18H16N2O3S/c21-16(19-9-3-7-14(19)15-8-4-10-24-15)11-20-17(22)12-5-1-2-6-13(12)18(20)23/h1-2,4-6,8,10,14H,3,7,9,11H2. The molecular formula is C18H16N2O3S. The number of hydrogen-bond donors (Lipinski definition) is 0. The van der Waals surface area contributed by atoms with Crippen LogP contribution in [-0.4, -0.2) is 40.6 Å². The first-order valence-corrected chi connectivity index (χ1v) is 8.83. The molecule has 1 fully saturated rings. The largest absolute Gasteiger partial charge is 0.333 e. The number of fused-ring (bicyclic) bond motifs is 1. The summed E-state index contributed by atoms with van der Waals surface area (Å²) in [5, 5.41) is 2.00. The third kappa shape index (κ3) is 2.34. The summed E-state index contributed by atoms with van der Waals surface area (Å²) >= 11 is 1.63. The van der Waals surface area contributed by atoms with E-state index in [1.54, 1.807) is 40.5 Å². The smallest absolute Gasteiger partial charge is 0.262 e. The molecule has 1 unspecified atom stereocenters. The van der Waals surface area contributed by atoms with Gasteiger partial charge in [0.1, 0.15) is 6.54 Å². The summed E-state index contributed by atoms with van der Waals surface area (Å²) in [5.74, 6) is -0.924. The van der Waals surface area contributed by atoms with E-state index in [9.17, 15) is 14.4 Å². The number of thiophene rings is 1. The molecule has 122 valence electrons. The molecule has 2 aliphatic rings. The molecule has 0 radical (unpaired) electrons. The highest BCUT2D eigenvalue weighted by molar-refractivity contribution is 7.10. The number of nitrogens with zero attached hydrogens (tertiary/aromatic N) is 2. The number of amides is 3. The molecule has 6 heteroatoms. The zero-order chi connectivity index (χ0) is 16.7. The molecule has 0 aliphatic carbocycles. The average Bonchev–Trinajstić information content (AvgIpc) is 3.31. The van der Waals surface area contributed by atoms with E-state index >= 15 is 0 Å². The van der Waals surface area contributed by atoms with E-state index in [1.165, 1.54) is 0 Å². The Hall–Kier alpha value is -2.47.